The van der Waals surface area contributed by atoms with Crippen LogP contribution in [0.3, 0.4) is 0 Å². The number of nitrogens with zero attached hydrogens (tertiary/aromatic N) is 1. The minimum Gasteiger partial charge on any atom is -0.344 e. The molecular formula is C13H23N3O2. The van der Waals surface area contributed by atoms with E-state index in [-0.39, 0.29) is 17.9 Å². The highest BCUT2D eigenvalue weighted by molar-refractivity contribution is 5.88. The van der Waals surface area contributed by atoms with Crippen molar-refractivity contribution >= 4 is 11.8 Å². The van der Waals surface area contributed by atoms with Crippen LogP contribution < -0.4 is 10.6 Å². The minimum absolute atomic E-state index is 0.0298. The maximum atomic E-state index is 11.8. The normalized spacial score (nSPS) is 25.5. The number of carbonyl (C=O) groups excluding carboxylic acids is 2. The number of rotatable bonds is 4. The number of piperidine rings is 1. The lowest BCUT2D eigenvalue weighted by Gasteiger charge is -2.22. The summed E-state index contributed by atoms with van der Waals surface area (Å²) in [6.45, 7) is 2.88. The average molecular weight is 253 g/mol. The van der Waals surface area contributed by atoms with Crippen LogP contribution in [0.15, 0.2) is 0 Å². The molecule has 0 aromatic heterocycles. The third-order valence-corrected chi connectivity index (χ3v) is 4.00. The lowest BCUT2D eigenvalue weighted by Crippen LogP contribution is -2.40. The van der Waals surface area contributed by atoms with Crippen LogP contribution in [0, 0.1) is 5.92 Å². The molecule has 2 heterocycles. The SMILES string of the molecule is CN1CCC(NC(=O)CCC2CCNCC2)C1=O. The topological polar surface area (TPSA) is 61.4 Å². The number of likely N-dealkylation sites (N-methyl/N-ethyl adjacent to an activating group) is 1. The van der Waals surface area contributed by atoms with Crippen molar-refractivity contribution < 1.29 is 9.59 Å². The first-order chi connectivity index (χ1) is 8.66. The highest BCUT2D eigenvalue weighted by Crippen LogP contribution is 2.17. The Hall–Kier alpha value is -1.10. The smallest absolute Gasteiger partial charge is 0.244 e. The van der Waals surface area contributed by atoms with Gasteiger partial charge < -0.3 is 15.5 Å². The first kappa shape index (κ1) is 13.3. The lowest BCUT2D eigenvalue weighted by molar-refractivity contribution is -0.131. The molecule has 2 fully saturated rings. The second kappa shape index (κ2) is 6.18. The molecule has 0 aromatic rings. The number of likely N-dealkylation sites (tertiary alicyclic amines) is 1. The summed E-state index contributed by atoms with van der Waals surface area (Å²) in [5, 5.41) is 6.17. The Balaban J connectivity index is 1.67. The van der Waals surface area contributed by atoms with Crippen molar-refractivity contribution in [1.29, 1.82) is 0 Å². The number of hydrogen-bond donors (Lipinski definition) is 2. The fourth-order valence-corrected chi connectivity index (χ4v) is 2.73. The predicted molar refractivity (Wildman–Crippen MR) is 69.0 cm³/mol. The molecule has 2 rings (SSSR count). The molecule has 1 atom stereocenters. The van der Waals surface area contributed by atoms with Crippen LogP contribution in [-0.2, 0) is 9.59 Å². The third kappa shape index (κ3) is 3.45. The van der Waals surface area contributed by atoms with Gasteiger partial charge in [-0.25, -0.2) is 0 Å². The van der Waals surface area contributed by atoms with Crippen LogP contribution >= 0.6 is 0 Å². The molecule has 2 aliphatic heterocycles. The molecule has 2 amide bonds. The van der Waals surface area contributed by atoms with Gasteiger partial charge in [-0.2, -0.15) is 0 Å². The standard InChI is InChI=1S/C13H23N3O2/c1-16-9-6-11(13(16)18)15-12(17)3-2-10-4-7-14-8-5-10/h10-11,14H,2-9H2,1H3,(H,15,17). The van der Waals surface area contributed by atoms with E-state index in [0.717, 1.165) is 32.5 Å². The Morgan fingerprint density at radius 1 is 1.39 bits per heavy atom. The van der Waals surface area contributed by atoms with E-state index in [1.165, 1.54) is 12.8 Å². The highest BCUT2D eigenvalue weighted by Gasteiger charge is 2.30. The van der Waals surface area contributed by atoms with Gasteiger partial charge in [-0.1, -0.05) is 0 Å². The van der Waals surface area contributed by atoms with E-state index < -0.39 is 0 Å². The van der Waals surface area contributed by atoms with Crippen molar-refractivity contribution in [1.82, 2.24) is 15.5 Å². The van der Waals surface area contributed by atoms with Gasteiger partial charge in [0.25, 0.3) is 0 Å². The molecule has 0 aromatic carbocycles. The van der Waals surface area contributed by atoms with Crippen molar-refractivity contribution in [2.45, 2.75) is 38.1 Å². The predicted octanol–water partition coefficient (Wildman–Crippen LogP) is 0.113. The quantitative estimate of drug-likeness (QED) is 0.748. The Bertz CT molecular complexity index is 313. The molecule has 2 N–H and O–H groups in total. The summed E-state index contributed by atoms with van der Waals surface area (Å²) in [5.74, 6) is 0.742. The summed E-state index contributed by atoms with van der Waals surface area (Å²) < 4.78 is 0. The van der Waals surface area contributed by atoms with Crippen LogP contribution in [0.1, 0.15) is 32.1 Å². The Morgan fingerprint density at radius 2 is 2.11 bits per heavy atom. The van der Waals surface area contributed by atoms with Crippen molar-refractivity contribution in [3.05, 3.63) is 0 Å². The third-order valence-electron chi connectivity index (χ3n) is 4.00. The zero-order chi connectivity index (χ0) is 13.0. The minimum atomic E-state index is -0.282. The van der Waals surface area contributed by atoms with Gasteiger partial charge >= 0.3 is 0 Å². The summed E-state index contributed by atoms with van der Waals surface area (Å²) in [7, 11) is 1.78. The van der Waals surface area contributed by atoms with Gasteiger partial charge in [-0.05, 0) is 44.7 Å². The fourth-order valence-electron chi connectivity index (χ4n) is 2.73. The summed E-state index contributed by atoms with van der Waals surface area (Å²) in [4.78, 5) is 25.1. The lowest BCUT2D eigenvalue weighted by atomic mass is 9.93. The Morgan fingerprint density at radius 3 is 2.72 bits per heavy atom. The van der Waals surface area contributed by atoms with Gasteiger partial charge in [0.1, 0.15) is 6.04 Å². The number of carbonyl (C=O) groups is 2. The van der Waals surface area contributed by atoms with Gasteiger partial charge in [0.2, 0.25) is 11.8 Å². The monoisotopic (exact) mass is 253 g/mol. The molecule has 5 nitrogen and oxygen atoms in total. The van der Waals surface area contributed by atoms with Crippen LogP contribution in [0.2, 0.25) is 0 Å². The molecule has 0 radical (unpaired) electrons. The molecule has 0 saturated carbocycles. The molecule has 102 valence electrons. The van der Waals surface area contributed by atoms with Crippen molar-refractivity contribution in [3.8, 4) is 0 Å². The van der Waals surface area contributed by atoms with E-state index in [1.807, 2.05) is 0 Å². The van der Waals surface area contributed by atoms with Crippen LogP contribution in [0.4, 0.5) is 0 Å². The van der Waals surface area contributed by atoms with E-state index in [9.17, 15) is 9.59 Å². The van der Waals surface area contributed by atoms with E-state index in [1.54, 1.807) is 11.9 Å². The Labute approximate surface area is 108 Å². The van der Waals surface area contributed by atoms with Crippen molar-refractivity contribution in [2.75, 3.05) is 26.7 Å². The van der Waals surface area contributed by atoms with E-state index >= 15 is 0 Å². The van der Waals surface area contributed by atoms with Gasteiger partial charge in [-0.15, -0.1) is 0 Å². The summed E-state index contributed by atoms with van der Waals surface area (Å²) in [6, 6.07) is -0.282. The maximum absolute atomic E-state index is 11.8. The zero-order valence-corrected chi connectivity index (χ0v) is 11.1. The van der Waals surface area contributed by atoms with Crippen LogP contribution in [0.5, 0.6) is 0 Å². The second-order valence-electron chi connectivity index (χ2n) is 5.40. The van der Waals surface area contributed by atoms with Crippen LogP contribution in [0.25, 0.3) is 0 Å². The largest absolute Gasteiger partial charge is 0.344 e. The molecule has 2 saturated heterocycles. The first-order valence-corrected chi connectivity index (χ1v) is 6.92. The van der Waals surface area contributed by atoms with Crippen molar-refractivity contribution in [2.24, 2.45) is 5.92 Å². The zero-order valence-electron chi connectivity index (χ0n) is 11.1. The molecule has 1 unspecified atom stereocenters. The van der Waals surface area contributed by atoms with E-state index in [4.69, 9.17) is 0 Å². The fraction of sp³-hybridized carbons (Fsp3) is 0.846. The molecule has 2 aliphatic rings. The first-order valence-electron chi connectivity index (χ1n) is 6.92. The molecular weight excluding hydrogens is 230 g/mol. The molecule has 18 heavy (non-hydrogen) atoms. The van der Waals surface area contributed by atoms with E-state index in [2.05, 4.69) is 10.6 Å². The van der Waals surface area contributed by atoms with Gasteiger partial charge in [0.05, 0.1) is 0 Å². The Kier molecular flexibility index (Phi) is 4.58. The van der Waals surface area contributed by atoms with Gasteiger partial charge in [0.15, 0.2) is 0 Å². The summed E-state index contributed by atoms with van der Waals surface area (Å²) in [5.41, 5.74) is 0. The molecule has 0 bridgehead atoms. The van der Waals surface area contributed by atoms with E-state index in [0.29, 0.717) is 12.3 Å². The summed E-state index contributed by atoms with van der Waals surface area (Å²) >= 11 is 0. The van der Waals surface area contributed by atoms with Crippen LogP contribution in [-0.4, -0.2) is 49.4 Å². The molecule has 0 aliphatic carbocycles. The van der Waals surface area contributed by atoms with Gasteiger partial charge in [0, 0.05) is 20.0 Å². The molecule has 0 spiro atoms. The van der Waals surface area contributed by atoms with Gasteiger partial charge in [-0.3, -0.25) is 9.59 Å². The number of nitrogens with one attached hydrogen (secondary N) is 2. The maximum Gasteiger partial charge on any atom is 0.244 e. The number of hydrogen-bond acceptors (Lipinski definition) is 3. The number of amides is 2. The molecule has 5 heteroatoms. The highest BCUT2D eigenvalue weighted by atomic mass is 16.2. The van der Waals surface area contributed by atoms with Crippen molar-refractivity contribution in [3.63, 3.8) is 0 Å². The second-order valence-corrected chi connectivity index (χ2v) is 5.40. The summed E-state index contributed by atoms with van der Waals surface area (Å²) in [6.07, 6.45) is 4.58. The average Bonchev–Trinajstić information content (AvgIpc) is 2.70.